The Kier molecular flexibility index (Phi) is 4.92. The van der Waals surface area contributed by atoms with E-state index in [9.17, 15) is 4.79 Å². The molecule has 3 unspecified atom stereocenters. The lowest BCUT2D eigenvalue weighted by molar-refractivity contribution is -0.130. The normalized spacial score (nSPS) is 29.5. The van der Waals surface area contributed by atoms with Gasteiger partial charge in [-0.15, -0.1) is 11.3 Å². The quantitative estimate of drug-likeness (QED) is 0.901. The van der Waals surface area contributed by atoms with E-state index >= 15 is 0 Å². The Balaban J connectivity index is 1.78. The van der Waals surface area contributed by atoms with E-state index in [1.54, 1.807) is 0 Å². The van der Waals surface area contributed by atoms with Gasteiger partial charge in [-0.2, -0.15) is 11.8 Å². The minimum atomic E-state index is 0.0106. The van der Waals surface area contributed by atoms with Gasteiger partial charge in [0.2, 0.25) is 5.91 Å². The van der Waals surface area contributed by atoms with Gasteiger partial charge >= 0.3 is 0 Å². The van der Waals surface area contributed by atoms with Gasteiger partial charge in [-0.3, -0.25) is 10.1 Å². The molecule has 5 heteroatoms. The molecule has 2 aliphatic heterocycles. The van der Waals surface area contributed by atoms with E-state index in [2.05, 4.69) is 36.2 Å². The van der Waals surface area contributed by atoms with Crippen LogP contribution in [0.3, 0.4) is 0 Å². The molecule has 0 spiro atoms. The topological polar surface area (TPSA) is 32.3 Å². The summed E-state index contributed by atoms with van der Waals surface area (Å²) >= 11 is 3.83. The highest BCUT2D eigenvalue weighted by atomic mass is 32.2. The SMILES string of the molecule is CCCC1NC(c2ccc(C)s2)N(CC2CCSC2)C1=O. The van der Waals surface area contributed by atoms with Gasteiger partial charge in [-0.05, 0) is 49.3 Å². The van der Waals surface area contributed by atoms with Crippen molar-refractivity contribution < 1.29 is 4.79 Å². The van der Waals surface area contributed by atoms with Crippen molar-refractivity contribution in [2.75, 3.05) is 18.1 Å². The predicted octanol–water partition coefficient (Wildman–Crippen LogP) is 3.41. The van der Waals surface area contributed by atoms with Crippen molar-refractivity contribution in [2.45, 2.75) is 45.3 Å². The molecule has 0 radical (unpaired) electrons. The number of carbonyl (C=O) groups excluding carboxylic acids is 1. The van der Waals surface area contributed by atoms with Gasteiger partial charge in [0.05, 0.1) is 6.04 Å². The molecule has 116 valence electrons. The van der Waals surface area contributed by atoms with Crippen molar-refractivity contribution in [2.24, 2.45) is 5.92 Å². The van der Waals surface area contributed by atoms with Gasteiger partial charge in [0.1, 0.15) is 6.17 Å². The highest BCUT2D eigenvalue weighted by Crippen LogP contribution is 2.34. The van der Waals surface area contributed by atoms with Crippen LogP contribution in [0.25, 0.3) is 0 Å². The fraction of sp³-hybridized carbons (Fsp3) is 0.688. The Morgan fingerprint density at radius 3 is 2.90 bits per heavy atom. The number of thioether (sulfide) groups is 1. The molecule has 2 aliphatic rings. The molecule has 2 fully saturated rings. The smallest absolute Gasteiger partial charge is 0.241 e. The molecular formula is C16H24N2OS2. The van der Waals surface area contributed by atoms with Crippen LogP contribution in [0.15, 0.2) is 12.1 Å². The van der Waals surface area contributed by atoms with E-state index in [0.717, 1.165) is 19.4 Å². The highest BCUT2D eigenvalue weighted by molar-refractivity contribution is 7.99. The maximum Gasteiger partial charge on any atom is 0.241 e. The molecule has 2 saturated heterocycles. The number of aryl methyl sites for hydroxylation is 1. The Labute approximate surface area is 135 Å². The van der Waals surface area contributed by atoms with Crippen LogP contribution >= 0.6 is 23.1 Å². The molecule has 0 bridgehead atoms. The van der Waals surface area contributed by atoms with Gasteiger partial charge in [-0.25, -0.2) is 0 Å². The zero-order valence-corrected chi connectivity index (χ0v) is 14.4. The van der Waals surface area contributed by atoms with Crippen LogP contribution in [0, 0.1) is 12.8 Å². The summed E-state index contributed by atoms with van der Waals surface area (Å²) < 4.78 is 0. The summed E-state index contributed by atoms with van der Waals surface area (Å²) in [5, 5.41) is 3.58. The largest absolute Gasteiger partial charge is 0.320 e. The second-order valence-electron chi connectivity index (χ2n) is 6.08. The number of carbonyl (C=O) groups is 1. The lowest BCUT2D eigenvalue weighted by atomic mass is 10.1. The number of amides is 1. The minimum Gasteiger partial charge on any atom is -0.320 e. The lowest BCUT2D eigenvalue weighted by Gasteiger charge is -2.26. The van der Waals surface area contributed by atoms with Crippen molar-refractivity contribution in [1.82, 2.24) is 10.2 Å². The van der Waals surface area contributed by atoms with Crippen molar-refractivity contribution >= 4 is 29.0 Å². The summed E-state index contributed by atoms with van der Waals surface area (Å²) in [6.45, 7) is 5.20. The van der Waals surface area contributed by atoms with Crippen LogP contribution in [-0.4, -0.2) is 34.9 Å². The first-order valence-corrected chi connectivity index (χ1v) is 9.86. The highest BCUT2D eigenvalue weighted by Gasteiger charge is 2.40. The van der Waals surface area contributed by atoms with Crippen LogP contribution < -0.4 is 5.32 Å². The second kappa shape index (κ2) is 6.71. The van der Waals surface area contributed by atoms with Crippen molar-refractivity contribution in [3.63, 3.8) is 0 Å². The van der Waals surface area contributed by atoms with Crippen LogP contribution in [0.1, 0.15) is 42.1 Å². The van der Waals surface area contributed by atoms with Crippen LogP contribution in [0.5, 0.6) is 0 Å². The standard InChI is InChI=1S/C16H24N2OS2/c1-3-4-13-16(19)18(9-12-7-8-20-10-12)15(17-13)14-6-5-11(2)21-14/h5-6,12-13,15,17H,3-4,7-10H2,1-2H3. The third kappa shape index (κ3) is 3.30. The van der Waals surface area contributed by atoms with Crippen LogP contribution in [-0.2, 0) is 4.79 Å². The van der Waals surface area contributed by atoms with E-state index < -0.39 is 0 Å². The zero-order chi connectivity index (χ0) is 14.8. The summed E-state index contributed by atoms with van der Waals surface area (Å²) in [6.07, 6.45) is 3.34. The molecule has 3 rings (SSSR count). The first-order valence-electron chi connectivity index (χ1n) is 7.89. The molecule has 3 atom stereocenters. The van der Waals surface area contributed by atoms with Crippen molar-refractivity contribution in [1.29, 1.82) is 0 Å². The first kappa shape index (κ1) is 15.4. The number of nitrogens with one attached hydrogen (secondary N) is 1. The second-order valence-corrected chi connectivity index (χ2v) is 8.55. The fourth-order valence-corrected chi connectivity index (χ4v) is 5.43. The fourth-order valence-electron chi connectivity index (χ4n) is 3.21. The minimum absolute atomic E-state index is 0.0106. The van der Waals surface area contributed by atoms with E-state index in [1.807, 2.05) is 23.1 Å². The Morgan fingerprint density at radius 2 is 2.29 bits per heavy atom. The van der Waals surface area contributed by atoms with E-state index in [4.69, 9.17) is 0 Å². The maximum atomic E-state index is 12.7. The number of hydrogen-bond acceptors (Lipinski definition) is 4. The number of nitrogens with zero attached hydrogens (tertiary/aromatic N) is 1. The van der Waals surface area contributed by atoms with E-state index in [0.29, 0.717) is 11.8 Å². The Bertz CT molecular complexity index is 496. The Morgan fingerprint density at radius 1 is 1.43 bits per heavy atom. The summed E-state index contributed by atoms with van der Waals surface area (Å²) in [5.74, 6) is 3.44. The molecule has 1 aromatic heterocycles. The molecule has 21 heavy (non-hydrogen) atoms. The van der Waals surface area contributed by atoms with Gasteiger partial charge in [0, 0.05) is 16.3 Å². The zero-order valence-electron chi connectivity index (χ0n) is 12.8. The molecule has 0 aromatic carbocycles. The summed E-state index contributed by atoms with van der Waals surface area (Å²) in [7, 11) is 0. The molecule has 3 nitrogen and oxygen atoms in total. The molecule has 1 N–H and O–H groups in total. The number of thiophene rings is 1. The average Bonchev–Trinajstić information content (AvgIpc) is 3.17. The van der Waals surface area contributed by atoms with Crippen LogP contribution in [0.2, 0.25) is 0 Å². The molecular weight excluding hydrogens is 300 g/mol. The maximum absolute atomic E-state index is 12.7. The molecule has 1 aromatic rings. The monoisotopic (exact) mass is 324 g/mol. The summed E-state index contributed by atoms with van der Waals surface area (Å²) in [5.41, 5.74) is 0. The molecule has 0 aliphatic carbocycles. The number of hydrogen-bond donors (Lipinski definition) is 1. The lowest BCUT2D eigenvalue weighted by Crippen LogP contribution is -2.35. The predicted molar refractivity (Wildman–Crippen MR) is 90.8 cm³/mol. The van der Waals surface area contributed by atoms with E-state index in [-0.39, 0.29) is 12.2 Å². The molecule has 3 heterocycles. The van der Waals surface area contributed by atoms with Gasteiger partial charge in [0.25, 0.3) is 0 Å². The van der Waals surface area contributed by atoms with Crippen molar-refractivity contribution in [3.05, 3.63) is 21.9 Å². The molecule has 1 amide bonds. The number of rotatable bonds is 5. The average molecular weight is 325 g/mol. The van der Waals surface area contributed by atoms with Crippen LogP contribution in [0.4, 0.5) is 0 Å². The third-order valence-corrected chi connectivity index (χ3v) is 6.62. The molecule has 0 saturated carbocycles. The van der Waals surface area contributed by atoms with Crippen molar-refractivity contribution in [3.8, 4) is 0 Å². The third-order valence-electron chi connectivity index (χ3n) is 4.34. The summed E-state index contributed by atoms with van der Waals surface area (Å²) in [6, 6.07) is 4.34. The Hall–Kier alpha value is -0.520. The van der Waals surface area contributed by atoms with E-state index in [1.165, 1.54) is 27.7 Å². The van der Waals surface area contributed by atoms with Gasteiger partial charge in [0.15, 0.2) is 0 Å². The summed E-state index contributed by atoms with van der Waals surface area (Å²) in [4.78, 5) is 17.4. The van der Waals surface area contributed by atoms with Gasteiger partial charge in [-0.1, -0.05) is 13.3 Å². The van der Waals surface area contributed by atoms with Gasteiger partial charge < -0.3 is 4.90 Å². The first-order chi connectivity index (χ1) is 10.2.